The summed E-state index contributed by atoms with van der Waals surface area (Å²) < 4.78 is 5.56. The monoisotopic (exact) mass is 515 g/mol. The van der Waals surface area contributed by atoms with E-state index >= 15 is 0 Å². The third kappa shape index (κ3) is 10.4. The van der Waals surface area contributed by atoms with E-state index in [0.717, 1.165) is 44.9 Å². The Morgan fingerprint density at radius 3 is 2.27 bits per heavy atom. The molecule has 0 spiro atoms. The molecule has 1 heterocycles. The number of allylic oxidation sites excluding steroid dienone is 1. The average Bonchev–Trinajstić information content (AvgIpc) is 3.63. The van der Waals surface area contributed by atoms with Gasteiger partial charge in [0, 0.05) is 31.0 Å². The molecule has 202 valence electrons. The highest BCUT2D eigenvalue weighted by atomic mass is 16.6. The number of carbonyl (C=O) groups excluding carboxylic acids is 4. The molecule has 2 amide bonds. The van der Waals surface area contributed by atoms with Crippen LogP contribution in [-0.4, -0.2) is 59.1 Å². The van der Waals surface area contributed by atoms with E-state index in [0.29, 0.717) is 6.42 Å². The lowest BCUT2D eigenvalue weighted by atomic mass is 10.1. The van der Waals surface area contributed by atoms with E-state index in [2.05, 4.69) is 25.1 Å². The second-order valence-electron chi connectivity index (χ2n) is 8.65. The van der Waals surface area contributed by atoms with Crippen LogP contribution in [0, 0.1) is 10.1 Å². The van der Waals surface area contributed by atoms with Crippen molar-refractivity contribution in [3.8, 4) is 0 Å². The maximum atomic E-state index is 12.9. The molecule has 1 aliphatic carbocycles. The van der Waals surface area contributed by atoms with E-state index in [9.17, 15) is 24.5 Å². The Labute approximate surface area is 217 Å². The van der Waals surface area contributed by atoms with Crippen molar-refractivity contribution in [3.05, 3.63) is 65.8 Å². The maximum Gasteiger partial charge on any atom is 0.338 e. The van der Waals surface area contributed by atoms with Crippen molar-refractivity contribution in [2.75, 3.05) is 6.54 Å². The summed E-state index contributed by atoms with van der Waals surface area (Å²) in [6.45, 7) is 11.9. The molecule has 37 heavy (non-hydrogen) atoms. The molecule has 0 radical (unpaired) electrons. The molecule has 1 saturated carbocycles. The highest BCUT2D eigenvalue weighted by Gasteiger charge is 2.42. The quantitative estimate of drug-likeness (QED) is 0.145. The summed E-state index contributed by atoms with van der Waals surface area (Å²) in [5.41, 5.74) is 0.0642. The number of non-ortho nitro benzene ring substituents is 1. The number of amides is 2. The Balaban J connectivity index is 0.00000163. The van der Waals surface area contributed by atoms with Crippen LogP contribution in [0.1, 0.15) is 68.1 Å². The lowest BCUT2D eigenvalue weighted by Crippen LogP contribution is -2.46. The molecule has 0 bridgehead atoms. The van der Waals surface area contributed by atoms with Gasteiger partial charge in [-0.25, -0.2) is 4.79 Å². The molecular weight excluding hydrogens is 478 g/mol. The molecule has 2 fully saturated rings. The van der Waals surface area contributed by atoms with Crippen LogP contribution < -0.4 is 5.32 Å². The molecule has 10 heteroatoms. The van der Waals surface area contributed by atoms with Gasteiger partial charge in [-0.2, -0.15) is 0 Å². The molecule has 2 atom stereocenters. The van der Waals surface area contributed by atoms with Gasteiger partial charge in [0.15, 0.2) is 0 Å². The summed E-state index contributed by atoms with van der Waals surface area (Å²) in [6, 6.07) is 4.66. The van der Waals surface area contributed by atoms with Crippen molar-refractivity contribution in [1.29, 1.82) is 0 Å². The molecular formula is C27H37N3O7. The molecule has 1 aromatic carbocycles. The zero-order valence-electron chi connectivity index (χ0n) is 21.3. The van der Waals surface area contributed by atoms with Crippen LogP contribution in [0.4, 0.5) is 5.69 Å². The first-order valence-electron chi connectivity index (χ1n) is 12.3. The third-order valence-electron chi connectivity index (χ3n) is 5.95. The summed E-state index contributed by atoms with van der Waals surface area (Å²) in [6.07, 6.45) is 8.47. The van der Waals surface area contributed by atoms with Gasteiger partial charge in [-0.3, -0.25) is 19.7 Å². The minimum Gasteiger partial charge on any atom is -0.457 e. The molecule has 3 rings (SSSR count). The van der Waals surface area contributed by atoms with Crippen LogP contribution in [-0.2, 0) is 19.1 Å². The number of esters is 1. The van der Waals surface area contributed by atoms with Crippen molar-refractivity contribution in [2.45, 2.75) is 76.0 Å². The number of ether oxygens (including phenoxy) is 1. The van der Waals surface area contributed by atoms with Gasteiger partial charge in [0.25, 0.3) is 5.69 Å². The Kier molecular flexibility index (Phi) is 14.2. The molecule has 1 aromatic rings. The van der Waals surface area contributed by atoms with Gasteiger partial charge in [-0.05, 0) is 44.2 Å². The number of hydrogen-bond acceptors (Lipinski definition) is 7. The first kappa shape index (κ1) is 31.2. The Bertz CT molecular complexity index is 913. The summed E-state index contributed by atoms with van der Waals surface area (Å²) in [5, 5.41) is 13.7. The van der Waals surface area contributed by atoms with Gasteiger partial charge >= 0.3 is 5.97 Å². The number of nitro benzene ring substituents is 1. The van der Waals surface area contributed by atoms with Gasteiger partial charge in [-0.1, -0.05) is 18.9 Å². The van der Waals surface area contributed by atoms with Gasteiger partial charge in [-0.15, -0.1) is 19.7 Å². The van der Waals surface area contributed by atoms with Crippen molar-refractivity contribution < 1.29 is 28.8 Å². The first-order valence-corrected chi connectivity index (χ1v) is 12.3. The van der Waals surface area contributed by atoms with E-state index in [1.165, 1.54) is 29.2 Å². The Morgan fingerprint density at radius 2 is 1.70 bits per heavy atom. The zero-order valence-corrected chi connectivity index (χ0v) is 21.3. The van der Waals surface area contributed by atoms with Gasteiger partial charge in [0.2, 0.25) is 11.8 Å². The Morgan fingerprint density at radius 1 is 1.08 bits per heavy atom. The predicted octanol–water partition coefficient (Wildman–Crippen LogP) is 4.14. The normalized spacial score (nSPS) is 17.8. The number of benzene rings is 1. The van der Waals surface area contributed by atoms with Gasteiger partial charge < -0.3 is 19.7 Å². The van der Waals surface area contributed by atoms with Gasteiger partial charge in [0.05, 0.1) is 17.0 Å². The second-order valence-corrected chi connectivity index (χ2v) is 8.65. The number of rotatable bonds is 12. The predicted molar refractivity (Wildman–Crippen MR) is 140 cm³/mol. The van der Waals surface area contributed by atoms with E-state index < -0.39 is 23.0 Å². The largest absolute Gasteiger partial charge is 0.457 e. The average molecular weight is 516 g/mol. The third-order valence-corrected chi connectivity index (χ3v) is 5.95. The molecule has 0 unspecified atom stereocenters. The summed E-state index contributed by atoms with van der Waals surface area (Å²) in [7, 11) is 0. The van der Waals surface area contributed by atoms with Crippen LogP contribution in [0.3, 0.4) is 0 Å². The van der Waals surface area contributed by atoms with E-state index in [1.54, 1.807) is 0 Å². The molecule has 0 aromatic heterocycles. The van der Waals surface area contributed by atoms with Crippen molar-refractivity contribution in [2.24, 2.45) is 0 Å². The van der Waals surface area contributed by atoms with Crippen LogP contribution in [0.5, 0.6) is 0 Å². The van der Waals surface area contributed by atoms with Crippen molar-refractivity contribution in [3.63, 3.8) is 0 Å². The first-order chi connectivity index (χ1) is 17.9. The lowest BCUT2D eigenvalue weighted by Gasteiger charge is -2.23. The summed E-state index contributed by atoms with van der Waals surface area (Å²) in [4.78, 5) is 57.9. The number of carbonyl (C=O) groups is 4. The van der Waals surface area contributed by atoms with Crippen LogP contribution >= 0.6 is 0 Å². The number of nitrogens with one attached hydrogen (secondary N) is 1. The number of nitrogens with zero attached hydrogens (tertiary/aromatic N) is 2. The molecule has 2 aliphatic rings. The van der Waals surface area contributed by atoms with Crippen LogP contribution in [0.15, 0.2) is 50.1 Å². The van der Waals surface area contributed by atoms with Gasteiger partial charge in [0.1, 0.15) is 18.9 Å². The highest BCUT2D eigenvalue weighted by molar-refractivity contribution is 5.91. The number of hydrogen-bond donors (Lipinski definition) is 1. The summed E-state index contributed by atoms with van der Waals surface area (Å²) in [5.74, 6) is -0.943. The minimum absolute atomic E-state index is 0.108. The second kappa shape index (κ2) is 16.8. The van der Waals surface area contributed by atoms with Crippen LogP contribution in [0.25, 0.3) is 0 Å². The molecule has 1 saturated heterocycles. The van der Waals surface area contributed by atoms with Crippen LogP contribution in [0.2, 0.25) is 0 Å². The fourth-order valence-electron chi connectivity index (χ4n) is 3.93. The fourth-order valence-corrected chi connectivity index (χ4v) is 3.93. The minimum atomic E-state index is -0.659. The van der Waals surface area contributed by atoms with E-state index in [4.69, 9.17) is 9.53 Å². The number of unbranched alkanes of at least 4 members (excludes halogenated alkanes) is 4. The zero-order chi connectivity index (χ0) is 27.8. The van der Waals surface area contributed by atoms with E-state index in [-0.39, 0.29) is 42.1 Å². The molecule has 10 nitrogen and oxygen atoms in total. The maximum absolute atomic E-state index is 12.9. The number of likely N-dealkylation sites (tertiary alicyclic amines) is 1. The lowest BCUT2D eigenvalue weighted by molar-refractivity contribution is -0.384. The molecule has 1 aliphatic heterocycles. The highest BCUT2D eigenvalue weighted by Crippen LogP contribution is 2.26. The smallest absolute Gasteiger partial charge is 0.338 e. The van der Waals surface area contributed by atoms with Crippen molar-refractivity contribution >= 4 is 30.3 Å². The standard InChI is InChI=1S/C24H31N3O6.C2H4.CH2O/c1-2-3-4-5-6-7-8-22(28)26-16-20(15-21(26)23(29)25-18-11-12-18)33-24(30)17-9-13-19(14-10-17)27(31)32;2*1-2/h2,9-10,13-14,18,20-21H,1,3-8,11-12,15-16H2,(H,25,29);1-2H2;1H2/t20-,21-;;/m0../s1. The number of nitro groups is 1. The van der Waals surface area contributed by atoms with E-state index in [1.807, 2.05) is 12.9 Å². The fraction of sp³-hybridized carbons (Fsp3) is 0.481. The SMILES string of the molecule is C=C.C=CCCCCCCC(=O)N1C[C@@H](OC(=O)c2ccc([N+](=O)[O-])cc2)C[C@H]1C(=O)NC1CC1.C=O. The summed E-state index contributed by atoms with van der Waals surface area (Å²) >= 11 is 0. The van der Waals surface area contributed by atoms with Crippen molar-refractivity contribution in [1.82, 2.24) is 10.2 Å². The molecule has 1 N–H and O–H groups in total. The Hall–Kier alpha value is -3.82. The topological polar surface area (TPSA) is 136 Å².